The molecule has 0 aromatic rings. The van der Waals surface area contributed by atoms with Gasteiger partial charge in [-0.25, -0.2) is 9.59 Å². The van der Waals surface area contributed by atoms with Crippen LogP contribution in [0.2, 0.25) is 0 Å². The van der Waals surface area contributed by atoms with E-state index < -0.39 is 60.6 Å². The van der Waals surface area contributed by atoms with E-state index in [1.807, 2.05) is 0 Å². The monoisotopic (exact) mass is 410 g/mol. The number of hydrogen-bond acceptors (Lipinski definition) is 8. The first-order valence-corrected chi connectivity index (χ1v) is 9.50. The fraction of sp³-hybridized carbons (Fsp3) is 0.733. The molecule has 0 radical (unpaired) electrons. The van der Waals surface area contributed by atoms with Crippen LogP contribution >= 0.6 is 11.8 Å². The minimum absolute atomic E-state index is 0.166. The number of carbonyl (C=O) groups excluding carboxylic acids is 2. The smallest absolute Gasteiger partial charge is 0.335 e. The molecule has 12 heteroatoms. The molecular formula is C15H26N2O9S. The van der Waals surface area contributed by atoms with Crippen LogP contribution in [0.25, 0.3) is 0 Å². The van der Waals surface area contributed by atoms with Crippen molar-refractivity contribution in [2.45, 2.75) is 44.1 Å². The van der Waals surface area contributed by atoms with Crippen molar-refractivity contribution in [3.63, 3.8) is 0 Å². The van der Waals surface area contributed by atoms with Gasteiger partial charge >= 0.3 is 11.9 Å². The van der Waals surface area contributed by atoms with Crippen molar-refractivity contribution >= 4 is 35.5 Å². The summed E-state index contributed by atoms with van der Waals surface area (Å²) in [4.78, 5) is 45.7. The van der Waals surface area contributed by atoms with Crippen LogP contribution in [0.3, 0.4) is 0 Å². The second-order valence-corrected chi connectivity index (χ2v) is 6.72. The van der Waals surface area contributed by atoms with Gasteiger partial charge < -0.3 is 36.2 Å². The largest absolute Gasteiger partial charge is 0.480 e. The topological polar surface area (TPSA) is 193 Å². The fourth-order valence-electron chi connectivity index (χ4n) is 2.04. The van der Waals surface area contributed by atoms with Crippen LogP contribution in [-0.2, 0) is 19.2 Å². The summed E-state index contributed by atoms with van der Waals surface area (Å²) in [6, 6.07) is -1.08. The van der Waals surface area contributed by atoms with Crippen LogP contribution in [0.15, 0.2) is 0 Å². The van der Waals surface area contributed by atoms with Gasteiger partial charge in [0, 0.05) is 24.6 Å². The van der Waals surface area contributed by atoms with Crippen molar-refractivity contribution < 1.29 is 44.7 Å². The SMILES string of the molecule is CC[C@@H](CC(=O)NC[C@H](O)[C@@H](O)[C@@H](O)C(=O)O)C(=O)N[C@@H](CSC)C(=O)O. The summed E-state index contributed by atoms with van der Waals surface area (Å²) in [5.74, 6) is -4.82. The normalized spacial score (nSPS) is 16.5. The third-order valence-electron chi connectivity index (χ3n) is 3.72. The Morgan fingerprint density at radius 1 is 1.04 bits per heavy atom. The number of rotatable bonds is 13. The number of aliphatic hydroxyl groups excluding tert-OH is 3. The standard InChI is InChI=1S/C15H26N2O9S/c1-3-7(13(22)17-8(6-27-2)14(23)24)4-10(19)16-5-9(18)11(20)12(21)15(25)26/h7-9,11-12,18,20-21H,3-6H2,1-2H3,(H,16,19)(H,17,22)(H,23,24)(H,25,26)/t7-,8-,9-,11+,12+/m0/s1. The highest BCUT2D eigenvalue weighted by atomic mass is 32.2. The molecule has 2 amide bonds. The number of thioether (sulfide) groups is 1. The number of aliphatic hydroxyl groups is 3. The summed E-state index contributed by atoms with van der Waals surface area (Å²) in [6.45, 7) is 1.11. The maximum Gasteiger partial charge on any atom is 0.335 e. The minimum atomic E-state index is -2.21. The zero-order chi connectivity index (χ0) is 21.1. The van der Waals surface area contributed by atoms with Crippen molar-refractivity contribution in [3.8, 4) is 0 Å². The van der Waals surface area contributed by atoms with E-state index in [4.69, 9.17) is 15.3 Å². The fourth-order valence-corrected chi connectivity index (χ4v) is 2.60. The van der Waals surface area contributed by atoms with Crippen LogP contribution in [0, 0.1) is 5.92 Å². The first-order valence-electron chi connectivity index (χ1n) is 8.10. The Balaban J connectivity index is 4.61. The van der Waals surface area contributed by atoms with Crippen LogP contribution in [0.1, 0.15) is 19.8 Å². The van der Waals surface area contributed by atoms with E-state index in [1.165, 1.54) is 11.8 Å². The predicted octanol–water partition coefficient (Wildman–Crippen LogP) is -2.38. The zero-order valence-corrected chi connectivity index (χ0v) is 15.8. The molecule has 0 bridgehead atoms. The molecule has 0 spiro atoms. The number of carboxylic acid groups (broad SMARTS) is 2. The molecule has 11 nitrogen and oxygen atoms in total. The molecule has 5 atom stereocenters. The van der Waals surface area contributed by atoms with Gasteiger partial charge in [-0.3, -0.25) is 9.59 Å². The molecule has 0 saturated heterocycles. The van der Waals surface area contributed by atoms with Gasteiger partial charge in [0.05, 0.1) is 0 Å². The molecule has 27 heavy (non-hydrogen) atoms. The second-order valence-electron chi connectivity index (χ2n) is 5.81. The van der Waals surface area contributed by atoms with Crippen molar-refractivity contribution in [2.24, 2.45) is 5.92 Å². The Kier molecular flexibility index (Phi) is 11.6. The van der Waals surface area contributed by atoms with Gasteiger partial charge in [-0.1, -0.05) is 6.92 Å². The summed E-state index contributed by atoms with van der Waals surface area (Å²) in [7, 11) is 0. The van der Waals surface area contributed by atoms with Gasteiger partial charge in [-0.05, 0) is 12.7 Å². The maximum atomic E-state index is 12.2. The summed E-state index contributed by atoms with van der Waals surface area (Å²) >= 11 is 1.24. The molecule has 0 aromatic carbocycles. The minimum Gasteiger partial charge on any atom is -0.480 e. The number of aliphatic carboxylic acids is 2. The Labute approximate surface area is 160 Å². The molecule has 0 aliphatic heterocycles. The lowest BCUT2D eigenvalue weighted by Gasteiger charge is -2.21. The molecule has 0 aliphatic rings. The summed E-state index contributed by atoms with van der Waals surface area (Å²) < 4.78 is 0. The molecule has 156 valence electrons. The van der Waals surface area contributed by atoms with Crippen molar-refractivity contribution in [1.82, 2.24) is 10.6 Å². The number of carboxylic acids is 2. The lowest BCUT2D eigenvalue weighted by atomic mass is 10.00. The highest BCUT2D eigenvalue weighted by Gasteiger charge is 2.31. The first-order chi connectivity index (χ1) is 12.5. The molecule has 0 aliphatic carbocycles. The Hall–Kier alpha value is -1.89. The van der Waals surface area contributed by atoms with E-state index in [-0.39, 0.29) is 18.6 Å². The van der Waals surface area contributed by atoms with Gasteiger partial charge in [0.15, 0.2) is 6.10 Å². The molecule has 7 N–H and O–H groups in total. The lowest BCUT2D eigenvalue weighted by Crippen LogP contribution is -2.48. The third-order valence-corrected chi connectivity index (χ3v) is 4.39. The van der Waals surface area contributed by atoms with Crippen LogP contribution in [0.4, 0.5) is 0 Å². The predicted molar refractivity (Wildman–Crippen MR) is 95.0 cm³/mol. The Morgan fingerprint density at radius 2 is 1.63 bits per heavy atom. The third kappa shape index (κ3) is 9.04. The molecular weight excluding hydrogens is 384 g/mol. The average molecular weight is 410 g/mol. The summed E-state index contributed by atoms with van der Waals surface area (Å²) in [5, 5.41) is 50.3. The molecule has 0 aromatic heterocycles. The van der Waals surface area contributed by atoms with E-state index in [0.717, 1.165) is 0 Å². The number of amides is 2. The zero-order valence-electron chi connectivity index (χ0n) is 15.0. The van der Waals surface area contributed by atoms with Gasteiger partial charge in [-0.2, -0.15) is 11.8 Å². The molecule has 0 rings (SSSR count). The highest BCUT2D eigenvalue weighted by Crippen LogP contribution is 2.10. The number of nitrogens with one attached hydrogen (secondary N) is 2. The van der Waals surface area contributed by atoms with Crippen molar-refractivity contribution in [3.05, 3.63) is 0 Å². The van der Waals surface area contributed by atoms with Gasteiger partial charge in [0.25, 0.3) is 0 Å². The van der Waals surface area contributed by atoms with Gasteiger partial charge in [-0.15, -0.1) is 0 Å². The van der Waals surface area contributed by atoms with Gasteiger partial charge in [0.1, 0.15) is 18.2 Å². The maximum absolute atomic E-state index is 12.2. The molecule has 0 heterocycles. The highest BCUT2D eigenvalue weighted by molar-refractivity contribution is 7.98. The van der Waals surface area contributed by atoms with Crippen LogP contribution in [0.5, 0.6) is 0 Å². The average Bonchev–Trinajstić information content (AvgIpc) is 2.61. The molecule has 0 fully saturated rings. The van der Waals surface area contributed by atoms with Crippen molar-refractivity contribution in [2.75, 3.05) is 18.6 Å². The van der Waals surface area contributed by atoms with E-state index in [0.29, 0.717) is 0 Å². The number of carbonyl (C=O) groups is 4. The van der Waals surface area contributed by atoms with E-state index in [2.05, 4.69) is 10.6 Å². The van der Waals surface area contributed by atoms with E-state index in [9.17, 15) is 29.4 Å². The number of hydrogen-bond donors (Lipinski definition) is 7. The van der Waals surface area contributed by atoms with Crippen LogP contribution in [-0.4, -0.2) is 92.2 Å². The van der Waals surface area contributed by atoms with Gasteiger partial charge in [0.2, 0.25) is 11.8 Å². The second kappa shape index (κ2) is 12.5. The Morgan fingerprint density at radius 3 is 2.07 bits per heavy atom. The van der Waals surface area contributed by atoms with E-state index >= 15 is 0 Å². The van der Waals surface area contributed by atoms with E-state index in [1.54, 1.807) is 13.2 Å². The summed E-state index contributed by atoms with van der Waals surface area (Å²) in [5.41, 5.74) is 0. The quantitative estimate of drug-likeness (QED) is 0.172. The van der Waals surface area contributed by atoms with Crippen molar-refractivity contribution in [1.29, 1.82) is 0 Å². The lowest BCUT2D eigenvalue weighted by molar-refractivity contribution is -0.157. The molecule has 0 saturated carbocycles. The summed E-state index contributed by atoms with van der Waals surface area (Å²) in [6.07, 6.45) is -4.29. The van der Waals surface area contributed by atoms with Crippen LogP contribution < -0.4 is 10.6 Å². The first kappa shape index (κ1) is 25.1. The Bertz CT molecular complexity index is 531. The molecule has 0 unspecified atom stereocenters.